The lowest BCUT2D eigenvalue weighted by Gasteiger charge is -2.57. The maximum Gasteiger partial charge on any atom is 0.127 e. The van der Waals surface area contributed by atoms with Crippen LogP contribution in [0.25, 0.3) is 44.8 Å². The van der Waals surface area contributed by atoms with E-state index in [-0.39, 0.29) is 21.7 Å². The molecule has 2 N–H and O–H groups in total. The van der Waals surface area contributed by atoms with Crippen LogP contribution in [0, 0.1) is 35.5 Å². The molecule has 0 atom stereocenters. The van der Waals surface area contributed by atoms with Gasteiger partial charge in [-0.1, -0.05) is 108 Å². The van der Waals surface area contributed by atoms with E-state index in [0.29, 0.717) is 11.5 Å². The molecule has 0 amide bonds. The molecule has 0 radical (unpaired) electrons. The first kappa shape index (κ1) is 42.0. The van der Waals surface area contributed by atoms with Crippen LogP contribution in [0.2, 0.25) is 0 Å². The molecule has 8 fully saturated rings. The molecular weight excluding hydrogens is 779 g/mol. The Hall–Kier alpha value is -4.63. The smallest absolute Gasteiger partial charge is 0.127 e. The molecule has 332 valence electrons. The van der Waals surface area contributed by atoms with Crippen LogP contribution >= 0.6 is 0 Å². The zero-order valence-corrected chi connectivity index (χ0v) is 39.6. The summed E-state index contributed by atoms with van der Waals surface area (Å²) in [6.07, 6.45) is 19.2. The monoisotopic (exact) mass is 850 g/mol. The van der Waals surface area contributed by atoms with E-state index in [4.69, 9.17) is 4.98 Å². The van der Waals surface area contributed by atoms with Gasteiger partial charge in [-0.25, -0.2) is 4.98 Å². The molecule has 8 aliphatic rings. The van der Waals surface area contributed by atoms with Gasteiger partial charge < -0.3 is 10.2 Å². The third-order valence-corrected chi connectivity index (χ3v) is 17.7. The molecule has 1 heterocycles. The van der Waals surface area contributed by atoms with Crippen LogP contribution < -0.4 is 0 Å². The lowest BCUT2D eigenvalue weighted by Crippen LogP contribution is -2.48. The van der Waals surface area contributed by atoms with Crippen LogP contribution in [0.3, 0.4) is 0 Å². The first-order valence-corrected chi connectivity index (χ1v) is 25.2. The molecule has 8 saturated carbocycles. The van der Waals surface area contributed by atoms with E-state index in [1.807, 2.05) is 6.08 Å². The third kappa shape index (κ3) is 7.18. The average Bonchev–Trinajstić information content (AvgIpc) is 3.24. The Labute approximate surface area is 383 Å². The van der Waals surface area contributed by atoms with Gasteiger partial charge in [-0.3, -0.25) is 0 Å². The molecule has 0 unspecified atom stereocenters. The van der Waals surface area contributed by atoms with E-state index in [9.17, 15) is 10.2 Å². The van der Waals surface area contributed by atoms with Gasteiger partial charge in [0.15, 0.2) is 0 Å². The van der Waals surface area contributed by atoms with Crippen LogP contribution in [0.1, 0.15) is 153 Å². The van der Waals surface area contributed by atoms with Gasteiger partial charge in [-0.15, -0.1) is 6.58 Å². The van der Waals surface area contributed by atoms with Crippen LogP contribution in [0.4, 0.5) is 0 Å². The van der Waals surface area contributed by atoms with Crippen molar-refractivity contribution in [1.82, 2.24) is 4.98 Å². The predicted molar refractivity (Wildman–Crippen MR) is 265 cm³/mol. The summed E-state index contributed by atoms with van der Waals surface area (Å²) in [6.45, 7) is 18.0. The fourth-order valence-electron chi connectivity index (χ4n) is 15.4. The summed E-state index contributed by atoms with van der Waals surface area (Å²) in [5.74, 6) is 5.64. The van der Waals surface area contributed by atoms with Crippen molar-refractivity contribution >= 4 is 0 Å². The molecule has 0 saturated heterocycles. The maximum absolute atomic E-state index is 12.8. The van der Waals surface area contributed by atoms with Crippen molar-refractivity contribution in [2.45, 2.75) is 153 Å². The number of hydrogen-bond donors (Lipinski definition) is 2. The van der Waals surface area contributed by atoms with Crippen LogP contribution in [0.5, 0.6) is 11.5 Å². The summed E-state index contributed by atoms with van der Waals surface area (Å²) in [5, 5.41) is 25.5. The zero-order chi connectivity index (χ0) is 44.3. The largest absolute Gasteiger partial charge is 0.507 e. The van der Waals surface area contributed by atoms with Crippen LogP contribution in [-0.4, -0.2) is 15.2 Å². The SMILES string of the molecule is C=CCCc1cc(-c2ccccc2-c2cc(C(C)(C)C)cc(C34CC5CC(CC(C5)C3)C4)c2O)nc(-c2ccccc2-c2cc(C(C)(C)C)cc(C34CC5CC(CC(C5)C3)C4)c2O)c1. The second-order valence-corrected chi connectivity index (χ2v) is 24.4. The number of nitrogens with zero attached hydrogens (tertiary/aromatic N) is 1. The molecule has 4 aromatic carbocycles. The molecular formula is C61H71NO2. The number of hydrogen-bond acceptors (Lipinski definition) is 3. The van der Waals surface area contributed by atoms with Crippen LogP contribution in [0.15, 0.2) is 97.6 Å². The Morgan fingerprint density at radius 2 is 0.859 bits per heavy atom. The number of rotatable bonds is 9. The van der Waals surface area contributed by atoms with E-state index < -0.39 is 0 Å². The molecule has 64 heavy (non-hydrogen) atoms. The molecule has 0 aliphatic heterocycles. The normalized spacial score (nSPS) is 29.1. The van der Waals surface area contributed by atoms with Crippen molar-refractivity contribution in [3.63, 3.8) is 0 Å². The number of benzene rings is 4. The van der Waals surface area contributed by atoms with Gasteiger partial charge in [-0.05, 0) is 199 Å². The molecule has 0 spiro atoms. The second-order valence-electron chi connectivity index (χ2n) is 24.4. The lowest BCUT2D eigenvalue weighted by molar-refractivity contribution is -0.00631. The Morgan fingerprint density at radius 1 is 0.516 bits per heavy atom. The summed E-state index contributed by atoms with van der Waals surface area (Å²) < 4.78 is 0. The zero-order valence-electron chi connectivity index (χ0n) is 39.6. The lowest BCUT2D eigenvalue weighted by atomic mass is 9.47. The van der Waals surface area contributed by atoms with Crippen molar-refractivity contribution in [3.8, 4) is 56.3 Å². The summed E-state index contributed by atoms with van der Waals surface area (Å²) >= 11 is 0. The van der Waals surface area contributed by atoms with Crippen LogP contribution in [-0.2, 0) is 28.1 Å². The van der Waals surface area contributed by atoms with Crippen molar-refractivity contribution in [2.75, 3.05) is 0 Å². The topological polar surface area (TPSA) is 53.4 Å². The van der Waals surface area contributed by atoms with E-state index in [2.05, 4.69) is 133 Å². The van der Waals surface area contributed by atoms with Crippen molar-refractivity contribution in [3.05, 3.63) is 125 Å². The van der Waals surface area contributed by atoms with Crippen molar-refractivity contribution in [2.24, 2.45) is 35.5 Å². The Balaban J connectivity index is 1.07. The highest BCUT2D eigenvalue weighted by atomic mass is 16.3. The quantitative estimate of drug-likeness (QED) is 0.145. The molecule has 13 rings (SSSR count). The second kappa shape index (κ2) is 15.2. The Morgan fingerprint density at radius 3 is 1.19 bits per heavy atom. The number of aromatic hydroxyl groups is 2. The minimum absolute atomic E-state index is 0.0505. The van der Waals surface area contributed by atoms with Gasteiger partial charge in [-0.2, -0.15) is 0 Å². The number of aromatic nitrogens is 1. The first-order chi connectivity index (χ1) is 30.6. The number of phenols is 2. The molecule has 1 aromatic heterocycles. The van der Waals surface area contributed by atoms with E-state index in [1.165, 1.54) is 105 Å². The summed E-state index contributed by atoms with van der Waals surface area (Å²) in [5.41, 5.74) is 13.9. The Bertz CT molecular complexity index is 2400. The van der Waals surface area contributed by atoms with E-state index >= 15 is 0 Å². The van der Waals surface area contributed by atoms with Gasteiger partial charge in [0, 0.05) is 33.4 Å². The van der Waals surface area contributed by atoms with Gasteiger partial charge in [0.2, 0.25) is 0 Å². The fraction of sp³-hybridized carbons (Fsp3) is 0.492. The highest BCUT2D eigenvalue weighted by molar-refractivity contribution is 5.89. The van der Waals surface area contributed by atoms with Gasteiger partial charge >= 0.3 is 0 Å². The van der Waals surface area contributed by atoms with E-state index in [0.717, 1.165) is 93.1 Å². The molecule has 8 bridgehead atoms. The minimum Gasteiger partial charge on any atom is -0.507 e. The molecule has 3 nitrogen and oxygen atoms in total. The molecule has 3 heteroatoms. The van der Waals surface area contributed by atoms with E-state index in [1.54, 1.807) is 0 Å². The van der Waals surface area contributed by atoms with Crippen molar-refractivity contribution < 1.29 is 10.2 Å². The van der Waals surface area contributed by atoms with Crippen molar-refractivity contribution in [1.29, 1.82) is 0 Å². The number of allylic oxidation sites excluding steroid dienone is 1. The summed E-state index contributed by atoms with van der Waals surface area (Å²) in [6, 6.07) is 31.2. The number of pyridine rings is 1. The maximum atomic E-state index is 12.8. The first-order valence-electron chi connectivity index (χ1n) is 25.2. The van der Waals surface area contributed by atoms with Gasteiger partial charge in [0.1, 0.15) is 11.5 Å². The average molecular weight is 850 g/mol. The highest BCUT2D eigenvalue weighted by Crippen LogP contribution is 2.64. The molecule has 8 aliphatic carbocycles. The van der Waals surface area contributed by atoms with Gasteiger partial charge in [0.05, 0.1) is 11.4 Å². The standard InChI is InChI=1S/C61H71NO2/c1-8-9-14-37-25-54(48-17-12-10-15-46(48)50-27-44(58(2,3)4)29-52(56(50)63)60-31-38-19-39(32-60)21-40(20-38)33-60)62-55(26-37)49-18-13-11-16-47(49)51-28-45(59(5,6)7)30-53(57(51)64)61-34-41-22-42(35-61)24-43(23-41)36-61/h8,10-13,15-18,25-30,38-43,63-64H,1,9,14,19-24,31-36H2,2-7H3. The summed E-state index contributed by atoms with van der Waals surface area (Å²) in [7, 11) is 0. The summed E-state index contributed by atoms with van der Waals surface area (Å²) in [4.78, 5) is 5.62. The number of aryl methyl sites for hydroxylation is 1. The Kier molecular flexibility index (Phi) is 9.99. The number of phenolic OH excluding ortho intramolecular Hbond substituents is 2. The minimum atomic E-state index is -0.0837. The fourth-order valence-corrected chi connectivity index (χ4v) is 15.4. The molecule has 5 aromatic rings. The highest BCUT2D eigenvalue weighted by Gasteiger charge is 2.54. The predicted octanol–water partition coefficient (Wildman–Crippen LogP) is 15.8. The van der Waals surface area contributed by atoms with Gasteiger partial charge in [0.25, 0.3) is 0 Å². The third-order valence-electron chi connectivity index (χ3n) is 17.7.